The second-order valence-corrected chi connectivity index (χ2v) is 5.20. The minimum Gasteiger partial charge on any atom is -0.382 e. The van der Waals surface area contributed by atoms with Gasteiger partial charge in [-0.3, -0.25) is 0 Å². The molecule has 0 aliphatic rings. The number of anilines is 1. The maximum atomic E-state index is 12.8. The third kappa shape index (κ3) is 3.71. The van der Waals surface area contributed by atoms with Crippen molar-refractivity contribution < 1.29 is 4.39 Å². The van der Waals surface area contributed by atoms with Gasteiger partial charge in [0.15, 0.2) is 0 Å². The summed E-state index contributed by atoms with van der Waals surface area (Å²) in [4.78, 5) is 0. The van der Waals surface area contributed by atoms with E-state index in [0.29, 0.717) is 0 Å². The molecule has 3 heteroatoms. The molecule has 0 saturated carbocycles. The predicted molar refractivity (Wildman–Crippen MR) is 79.4 cm³/mol. The first-order valence-corrected chi connectivity index (χ1v) is 6.70. The van der Waals surface area contributed by atoms with Crippen LogP contribution in [0.3, 0.4) is 0 Å². The van der Waals surface area contributed by atoms with Crippen LogP contribution in [-0.2, 0) is 6.42 Å². The average Bonchev–Trinajstić information content (AvgIpc) is 2.38. The van der Waals surface area contributed by atoms with E-state index in [1.165, 1.54) is 12.1 Å². The quantitative estimate of drug-likeness (QED) is 0.844. The smallest absolute Gasteiger partial charge is 0.123 e. The summed E-state index contributed by atoms with van der Waals surface area (Å²) in [5.41, 5.74) is 3.21. The highest BCUT2D eigenvalue weighted by molar-refractivity contribution is 6.31. The van der Waals surface area contributed by atoms with Gasteiger partial charge < -0.3 is 5.32 Å². The Labute approximate surface area is 118 Å². The van der Waals surface area contributed by atoms with E-state index in [1.54, 1.807) is 0 Å². The lowest BCUT2D eigenvalue weighted by molar-refractivity contribution is 0.626. The Bertz CT molecular complexity index is 551. The third-order valence-corrected chi connectivity index (χ3v) is 3.53. The molecule has 0 amide bonds. The highest BCUT2D eigenvalue weighted by Gasteiger charge is 2.07. The summed E-state index contributed by atoms with van der Waals surface area (Å²) in [5, 5.41) is 4.20. The summed E-state index contributed by atoms with van der Waals surface area (Å²) in [7, 11) is 0. The standard InChI is InChI=1S/C16H17ClFN/c1-11(10-13-6-8-14(18)9-7-13)19-16-5-3-4-15(17)12(16)2/h3-9,11,19H,10H2,1-2H3. The third-order valence-electron chi connectivity index (χ3n) is 3.12. The minimum atomic E-state index is -0.199. The molecule has 0 aliphatic carbocycles. The molecule has 1 N–H and O–H groups in total. The zero-order chi connectivity index (χ0) is 13.8. The van der Waals surface area contributed by atoms with Crippen molar-refractivity contribution in [1.29, 1.82) is 0 Å². The van der Waals surface area contributed by atoms with E-state index in [0.717, 1.165) is 28.3 Å². The van der Waals surface area contributed by atoms with Gasteiger partial charge in [0, 0.05) is 16.8 Å². The second kappa shape index (κ2) is 6.07. The van der Waals surface area contributed by atoms with E-state index in [2.05, 4.69) is 12.2 Å². The maximum Gasteiger partial charge on any atom is 0.123 e. The summed E-state index contributed by atoms with van der Waals surface area (Å²) in [6, 6.07) is 12.7. The molecular formula is C16H17ClFN. The molecular weight excluding hydrogens is 261 g/mol. The lowest BCUT2D eigenvalue weighted by Crippen LogP contribution is -2.18. The summed E-state index contributed by atoms with van der Waals surface area (Å²) in [6.45, 7) is 4.10. The van der Waals surface area contributed by atoms with Crippen LogP contribution >= 0.6 is 11.6 Å². The van der Waals surface area contributed by atoms with Crippen LogP contribution in [0, 0.1) is 12.7 Å². The number of benzene rings is 2. The Hall–Kier alpha value is -1.54. The van der Waals surface area contributed by atoms with Gasteiger partial charge in [0.2, 0.25) is 0 Å². The zero-order valence-corrected chi connectivity index (χ0v) is 11.8. The van der Waals surface area contributed by atoms with Gasteiger partial charge in [-0.05, 0) is 55.7 Å². The van der Waals surface area contributed by atoms with E-state index >= 15 is 0 Å². The van der Waals surface area contributed by atoms with Crippen molar-refractivity contribution in [2.24, 2.45) is 0 Å². The van der Waals surface area contributed by atoms with Crippen LogP contribution < -0.4 is 5.32 Å². The Kier molecular flexibility index (Phi) is 4.43. The molecule has 1 nitrogen and oxygen atoms in total. The molecule has 2 aromatic carbocycles. The molecule has 0 bridgehead atoms. The number of rotatable bonds is 4. The zero-order valence-electron chi connectivity index (χ0n) is 11.1. The average molecular weight is 278 g/mol. The van der Waals surface area contributed by atoms with Crippen LogP contribution in [0.5, 0.6) is 0 Å². The van der Waals surface area contributed by atoms with Crippen molar-refractivity contribution in [1.82, 2.24) is 0 Å². The topological polar surface area (TPSA) is 12.0 Å². The summed E-state index contributed by atoms with van der Waals surface area (Å²) in [6.07, 6.45) is 0.840. The van der Waals surface area contributed by atoms with Crippen LogP contribution in [0.4, 0.5) is 10.1 Å². The van der Waals surface area contributed by atoms with E-state index in [9.17, 15) is 4.39 Å². The van der Waals surface area contributed by atoms with Crippen molar-refractivity contribution in [3.8, 4) is 0 Å². The highest BCUT2D eigenvalue weighted by Crippen LogP contribution is 2.24. The number of hydrogen-bond donors (Lipinski definition) is 1. The Balaban J connectivity index is 2.03. The summed E-state index contributed by atoms with van der Waals surface area (Å²) >= 11 is 6.09. The molecule has 0 aromatic heterocycles. The fraction of sp³-hybridized carbons (Fsp3) is 0.250. The molecule has 1 atom stereocenters. The van der Waals surface area contributed by atoms with Gasteiger partial charge >= 0.3 is 0 Å². The molecule has 0 heterocycles. The van der Waals surface area contributed by atoms with E-state index in [4.69, 9.17) is 11.6 Å². The largest absolute Gasteiger partial charge is 0.382 e. The highest BCUT2D eigenvalue weighted by atomic mass is 35.5. The van der Waals surface area contributed by atoms with Crippen LogP contribution in [-0.4, -0.2) is 6.04 Å². The normalized spacial score (nSPS) is 12.2. The summed E-state index contributed by atoms with van der Waals surface area (Å²) < 4.78 is 12.8. The van der Waals surface area contributed by atoms with Gasteiger partial charge in [-0.2, -0.15) is 0 Å². The first kappa shape index (κ1) is 13.9. The molecule has 2 rings (SSSR count). The Morgan fingerprint density at radius 1 is 1.16 bits per heavy atom. The van der Waals surface area contributed by atoms with Crippen molar-refractivity contribution >= 4 is 17.3 Å². The molecule has 0 saturated heterocycles. The molecule has 1 unspecified atom stereocenters. The van der Waals surface area contributed by atoms with Crippen molar-refractivity contribution in [3.63, 3.8) is 0 Å². The van der Waals surface area contributed by atoms with Gasteiger partial charge in [0.1, 0.15) is 5.82 Å². The van der Waals surface area contributed by atoms with Crippen LogP contribution in [0.15, 0.2) is 42.5 Å². The Morgan fingerprint density at radius 2 is 1.84 bits per heavy atom. The number of nitrogens with one attached hydrogen (secondary N) is 1. The lowest BCUT2D eigenvalue weighted by Gasteiger charge is -2.17. The molecule has 2 aromatic rings. The van der Waals surface area contributed by atoms with E-state index < -0.39 is 0 Å². The molecule has 0 fully saturated rings. The fourth-order valence-electron chi connectivity index (χ4n) is 2.05. The van der Waals surface area contributed by atoms with Gasteiger partial charge in [-0.15, -0.1) is 0 Å². The fourth-order valence-corrected chi connectivity index (χ4v) is 2.23. The maximum absolute atomic E-state index is 12.8. The minimum absolute atomic E-state index is 0.199. The van der Waals surface area contributed by atoms with Gasteiger partial charge in [-0.1, -0.05) is 29.8 Å². The Morgan fingerprint density at radius 3 is 2.53 bits per heavy atom. The number of hydrogen-bond acceptors (Lipinski definition) is 1. The van der Waals surface area contributed by atoms with Crippen LogP contribution in [0.25, 0.3) is 0 Å². The second-order valence-electron chi connectivity index (χ2n) is 4.79. The van der Waals surface area contributed by atoms with Gasteiger partial charge in [-0.25, -0.2) is 4.39 Å². The van der Waals surface area contributed by atoms with Crippen molar-refractivity contribution in [2.45, 2.75) is 26.3 Å². The van der Waals surface area contributed by atoms with Crippen LogP contribution in [0.2, 0.25) is 5.02 Å². The van der Waals surface area contributed by atoms with Crippen molar-refractivity contribution in [2.75, 3.05) is 5.32 Å². The predicted octanol–water partition coefficient (Wildman–Crippen LogP) is 4.83. The van der Waals surface area contributed by atoms with Gasteiger partial charge in [0.05, 0.1) is 0 Å². The molecule has 0 aliphatic heterocycles. The SMILES string of the molecule is Cc1c(Cl)cccc1NC(C)Cc1ccc(F)cc1. The van der Waals surface area contributed by atoms with Gasteiger partial charge in [0.25, 0.3) is 0 Å². The molecule has 0 spiro atoms. The molecule has 100 valence electrons. The first-order chi connectivity index (χ1) is 9.06. The number of halogens is 2. The van der Waals surface area contributed by atoms with Crippen molar-refractivity contribution in [3.05, 3.63) is 64.4 Å². The van der Waals surface area contributed by atoms with E-state index in [1.807, 2.05) is 37.3 Å². The first-order valence-electron chi connectivity index (χ1n) is 6.32. The molecule has 19 heavy (non-hydrogen) atoms. The lowest BCUT2D eigenvalue weighted by atomic mass is 10.1. The molecule has 0 radical (unpaired) electrons. The summed E-state index contributed by atoms with van der Waals surface area (Å²) in [5.74, 6) is -0.199. The van der Waals surface area contributed by atoms with E-state index in [-0.39, 0.29) is 11.9 Å². The monoisotopic (exact) mass is 277 g/mol. The van der Waals surface area contributed by atoms with Crippen LogP contribution in [0.1, 0.15) is 18.1 Å².